The van der Waals surface area contributed by atoms with Crippen molar-refractivity contribution >= 4 is 11.5 Å². The van der Waals surface area contributed by atoms with Crippen molar-refractivity contribution in [2.75, 3.05) is 24.2 Å². The van der Waals surface area contributed by atoms with E-state index in [9.17, 15) is 0 Å². The van der Waals surface area contributed by atoms with Gasteiger partial charge in [-0.2, -0.15) is 0 Å². The molecule has 112 valence electrons. The summed E-state index contributed by atoms with van der Waals surface area (Å²) in [7, 11) is 0. The standard InChI is InChI=1S/C17H23N3O/c1-3-21-16-7-6-14(12-15(16)18)5-4-9-19-17-11-13(2)8-10-20-17/h6-8,10-12H,3-5,9,18H2,1-2H3,(H,19,20). The monoisotopic (exact) mass is 285 g/mol. The fraction of sp³-hybridized carbons (Fsp3) is 0.353. The second-order valence-electron chi connectivity index (χ2n) is 5.05. The van der Waals surface area contributed by atoms with Gasteiger partial charge in [0.1, 0.15) is 11.6 Å². The van der Waals surface area contributed by atoms with Crippen molar-refractivity contribution < 1.29 is 4.74 Å². The maximum atomic E-state index is 5.97. The van der Waals surface area contributed by atoms with Crippen LogP contribution >= 0.6 is 0 Å². The predicted octanol–water partition coefficient (Wildman–Crippen LogP) is 3.42. The van der Waals surface area contributed by atoms with E-state index in [0.29, 0.717) is 12.3 Å². The number of anilines is 2. The highest BCUT2D eigenvalue weighted by atomic mass is 16.5. The molecule has 0 saturated carbocycles. The Balaban J connectivity index is 1.79. The molecule has 0 unspecified atom stereocenters. The molecule has 1 heterocycles. The van der Waals surface area contributed by atoms with Gasteiger partial charge < -0.3 is 15.8 Å². The van der Waals surface area contributed by atoms with Gasteiger partial charge in [0.2, 0.25) is 0 Å². The molecule has 3 N–H and O–H groups in total. The molecule has 0 aliphatic carbocycles. The molecular formula is C17H23N3O. The molecule has 2 rings (SSSR count). The smallest absolute Gasteiger partial charge is 0.142 e. The van der Waals surface area contributed by atoms with E-state index in [1.165, 1.54) is 11.1 Å². The van der Waals surface area contributed by atoms with E-state index in [0.717, 1.165) is 31.0 Å². The van der Waals surface area contributed by atoms with Crippen LogP contribution in [0.5, 0.6) is 5.75 Å². The Morgan fingerprint density at radius 3 is 2.81 bits per heavy atom. The summed E-state index contributed by atoms with van der Waals surface area (Å²) in [4.78, 5) is 4.28. The van der Waals surface area contributed by atoms with Crippen LogP contribution in [-0.2, 0) is 6.42 Å². The third-order valence-corrected chi connectivity index (χ3v) is 3.24. The SMILES string of the molecule is CCOc1ccc(CCCNc2cc(C)ccn2)cc1N. The lowest BCUT2D eigenvalue weighted by Gasteiger charge is -2.09. The Bertz CT molecular complexity index is 584. The van der Waals surface area contributed by atoms with Crippen LogP contribution in [0.2, 0.25) is 0 Å². The minimum Gasteiger partial charge on any atom is -0.492 e. The highest BCUT2D eigenvalue weighted by Gasteiger charge is 2.01. The van der Waals surface area contributed by atoms with Gasteiger partial charge in [0.25, 0.3) is 0 Å². The van der Waals surface area contributed by atoms with Gasteiger partial charge >= 0.3 is 0 Å². The highest BCUT2D eigenvalue weighted by molar-refractivity contribution is 5.54. The fourth-order valence-corrected chi connectivity index (χ4v) is 2.18. The average Bonchev–Trinajstić information content (AvgIpc) is 2.47. The lowest BCUT2D eigenvalue weighted by molar-refractivity contribution is 0.342. The van der Waals surface area contributed by atoms with Gasteiger partial charge in [0.05, 0.1) is 12.3 Å². The minimum absolute atomic E-state index is 0.636. The molecule has 0 spiro atoms. The van der Waals surface area contributed by atoms with Crippen LogP contribution < -0.4 is 15.8 Å². The van der Waals surface area contributed by atoms with Gasteiger partial charge in [0, 0.05) is 12.7 Å². The van der Waals surface area contributed by atoms with E-state index in [2.05, 4.69) is 29.4 Å². The van der Waals surface area contributed by atoms with E-state index >= 15 is 0 Å². The molecule has 0 bridgehead atoms. The summed E-state index contributed by atoms with van der Waals surface area (Å²) >= 11 is 0. The van der Waals surface area contributed by atoms with Gasteiger partial charge in [0.15, 0.2) is 0 Å². The second kappa shape index (κ2) is 7.53. The van der Waals surface area contributed by atoms with Crippen LogP contribution in [0.25, 0.3) is 0 Å². The molecule has 1 aromatic heterocycles. The number of hydrogen-bond donors (Lipinski definition) is 2. The molecule has 4 heteroatoms. The van der Waals surface area contributed by atoms with Gasteiger partial charge in [-0.1, -0.05) is 6.07 Å². The lowest BCUT2D eigenvalue weighted by Crippen LogP contribution is -2.05. The number of pyridine rings is 1. The van der Waals surface area contributed by atoms with Gasteiger partial charge in [-0.3, -0.25) is 0 Å². The molecule has 0 radical (unpaired) electrons. The third-order valence-electron chi connectivity index (χ3n) is 3.24. The van der Waals surface area contributed by atoms with Crippen LogP contribution in [0.4, 0.5) is 11.5 Å². The van der Waals surface area contributed by atoms with Gasteiger partial charge in [-0.25, -0.2) is 4.98 Å². The molecule has 2 aromatic rings. The predicted molar refractivity (Wildman–Crippen MR) is 87.8 cm³/mol. The van der Waals surface area contributed by atoms with Crippen molar-refractivity contribution in [2.24, 2.45) is 0 Å². The summed E-state index contributed by atoms with van der Waals surface area (Å²) in [5.74, 6) is 1.70. The fourth-order valence-electron chi connectivity index (χ4n) is 2.18. The molecule has 21 heavy (non-hydrogen) atoms. The molecule has 0 aliphatic rings. The molecule has 0 aliphatic heterocycles. The van der Waals surface area contributed by atoms with E-state index in [-0.39, 0.29) is 0 Å². The maximum absolute atomic E-state index is 5.97. The third kappa shape index (κ3) is 4.67. The summed E-state index contributed by atoms with van der Waals surface area (Å²) < 4.78 is 5.44. The molecule has 1 aromatic carbocycles. The molecule has 0 amide bonds. The van der Waals surface area contributed by atoms with Gasteiger partial charge in [-0.15, -0.1) is 0 Å². The summed E-state index contributed by atoms with van der Waals surface area (Å²) in [6.45, 7) is 5.55. The number of hydrogen-bond acceptors (Lipinski definition) is 4. The summed E-state index contributed by atoms with van der Waals surface area (Å²) in [6, 6.07) is 10.1. The van der Waals surface area contributed by atoms with Crippen molar-refractivity contribution in [1.82, 2.24) is 4.98 Å². The zero-order valence-corrected chi connectivity index (χ0v) is 12.7. The van der Waals surface area contributed by atoms with Crippen molar-refractivity contribution in [3.8, 4) is 5.75 Å². The Kier molecular flexibility index (Phi) is 5.43. The van der Waals surface area contributed by atoms with E-state index < -0.39 is 0 Å². The Hall–Kier alpha value is -2.23. The van der Waals surface area contributed by atoms with E-state index in [4.69, 9.17) is 10.5 Å². The van der Waals surface area contributed by atoms with Crippen LogP contribution in [0.15, 0.2) is 36.5 Å². The average molecular weight is 285 g/mol. The van der Waals surface area contributed by atoms with Crippen molar-refractivity contribution in [3.63, 3.8) is 0 Å². The topological polar surface area (TPSA) is 60.2 Å². The van der Waals surface area contributed by atoms with Crippen molar-refractivity contribution in [2.45, 2.75) is 26.7 Å². The second-order valence-corrected chi connectivity index (χ2v) is 5.05. The summed E-state index contributed by atoms with van der Waals surface area (Å²) in [5.41, 5.74) is 9.13. The summed E-state index contributed by atoms with van der Waals surface area (Å²) in [5, 5.41) is 3.33. The van der Waals surface area contributed by atoms with Gasteiger partial charge in [-0.05, 0) is 62.1 Å². The number of aryl methyl sites for hydroxylation is 2. The Morgan fingerprint density at radius 2 is 2.10 bits per heavy atom. The zero-order valence-electron chi connectivity index (χ0n) is 12.7. The normalized spacial score (nSPS) is 10.4. The van der Waals surface area contributed by atoms with Crippen molar-refractivity contribution in [1.29, 1.82) is 0 Å². The van der Waals surface area contributed by atoms with E-state index in [1.54, 1.807) is 0 Å². The number of nitrogens with one attached hydrogen (secondary N) is 1. The first-order valence-corrected chi connectivity index (χ1v) is 7.36. The first kappa shape index (κ1) is 15.2. The van der Waals surface area contributed by atoms with Crippen LogP contribution in [-0.4, -0.2) is 18.1 Å². The van der Waals surface area contributed by atoms with Crippen LogP contribution in [0.3, 0.4) is 0 Å². The Labute approximate surface area is 126 Å². The number of ether oxygens (including phenoxy) is 1. The first-order chi connectivity index (χ1) is 10.2. The number of nitrogen functional groups attached to an aromatic ring is 1. The largest absolute Gasteiger partial charge is 0.492 e. The number of nitrogens with zero attached hydrogens (tertiary/aromatic N) is 1. The highest BCUT2D eigenvalue weighted by Crippen LogP contribution is 2.23. The Morgan fingerprint density at radius 1 is 1.24 bits per heavy atom. The molecule has 0 saturated heterocycles. The van der Waals surface area contributed by atoms with E-state index in [1.807, 2.05) is 31.3 Å². The quantitative estimate of drug-likeness (QED) is 0.604. The molecular weight excluding hydrogens is 262 g/mol. The summed E-state index contributed by atoms with van der Waals surface area (Å²) in [6.07, 6.45) is 3.84. The first-order valence-electron chi connectivity index (χ1n) is 7.36. The lowest BCUT2D eigenvalue weighted by atomic mass is 10.1. The molecule has 4 nitrogen and oxygen atoms in total. The van der Waals surface area contributed by atoms with Crippen LogP contribution in [0.1, 0.15) is 24.5 Å². The zero-order chi connectivity index (χ0) is 15.1. The number of nitrogens with two attached hydrogens (primary N) is 1. The maximum Gasteiger partial charge on any atom is 0.142 e. The van der Waals surface area contributed by atoms with Crippen LogP contribution in [0, 0.1) is 6.92 Å². The number of rotatable bonds is 7. The van der Waals surface area contributed by atoms with Crippen molar-refractivity contribution in [3.05, 3.63) is 47.7 Å². The number of aromatic nitrogens is 1. The molecule has 0 atom stereocenters. The molecule has 0 fully saturated rings. The minimum atomic E-state index is 0.636. The number of benzene rings is 1.